The molecule has 0 spiro atoms. The van der Waals surface area contributed by atoms with Crippen LogP contribution in [0.2, 0.25) is 0 Å². The van der Waals surface area contributed by atoms with E-state index in [1.54, 1.807) is 6.92 Å². The van der Waals surface area contributed by atoms with Gasteiger partial charge in [0.15, 0.2) is 0 Å². The predicted octanol–water partition coefficient (Wildman–Crippen LogP) is 12.3. The third kappa shape index (κ3) is 9.39. The molecule has 1 aliphatic heterocycles. The van der Waals surface area contributed by atoms with Crippen LogP contribution in [-0.4, -0.2) is 18.4 Å². The molecule has 2 unspecified atom stereocenters. The van der Waals surface area contributed by atoms with Crippen molar-refractivity contribution < 1.29 is 26.3 Å². The largest absolute Gasteiger partial charge is 0.417 e. The summed E-state index contributed by atoms with van der Waals surface area (Å²) in [5, 5.41) is 8.42. The Bertz CT molecular complexity index is 1590. The summed E-state index contributed by atoms with van der Waals surface area (Å²) in [5.74, 6) is 0.682. The molecule has 1 heterocycles. The summed E-state index contributed by atoms with van der Waals surface area (Å²) in [6.07, 6.45) is 0.905. The van der Waals surface area contributed by atoms with Crippen LogP contribution in [0.1, 0.15) is 94.0 Å². The van der Waals surface area contributed by atoms with E-state index < -0.39 is 23.3 Å². The molecule has 1 saturated carbocycles. The summed E-state index contributed by atoms with van der Waals surface area (Å²) in [7, 11) is 0. The predicted molar refractivity (Wildman–Crippen MR) is 183 cm³/mol. The highest BCUT2D eigenvalue weighted by molar-refractivity contribution is 6.02. The zero-order chi connectivity index (χ0) is 35.8. The molecule has 8 heteroatoms. The zero-order valence-electron chi connectivity index (χ0n) is 28.5. The number of rotatable bonds is 6. The topological polar surface area (TPSA) is 36.1 Å². The van der Waals surface area contributed by atoms with Gasteiger partial charge in [-0.2, -0.15) is 31.6 Å². The number of hydrogen-bond acceptors (Lipinski definition) is 2. The van der Waals surface area contributed by atoms with Gasteiger partial charge in [-0.15, -0.1) is 6.58 Å². The molecule has 2 aliphatic rings. The maximum absolute atomic E-state index is 13.3. The number of aryl methyl sites for hydroxylation is 1. The molecule has 2 atom stereocenters. The highest BCUT2D eigenvalue weighted by Crippen LogP contribution is 2.45. The summed E-state index contributed by atoms with van der Waals surface area (Å²) in [5.41, 5.74) is 2.44. The van der Waals surface area contributed by atoms with Gasteiger partial charge in [-0.1, -0.05) is 106 Å². The van der Waals surface area contributed by atoms with Crippen LogP contribution >= 0.6 is 0 Å². The van der Waals surface area contributed by atoms with Crippen LogP contribution in [0.5, 0.6) is 0 Å². The molecule has 0 saturated heterocycles. The third-order valence-electron chi connectivity index (χ3n) is 9.53. The van der Waals surface area contributed by atoms with Gasteiger partial charge in [0.1, 0.15) is 0 Å². The molecule has 0 N–H and O–H groups in total. The first kappa shape index (κ1) is 38.6. The van der Waals surface area contributed by atoms with Crippen LogP contribution in [0.15, 0.2) is 84.4 Å². The Hall–Kier alpha value is -3.86. The van der Waals surface area contributed by atoms with Gasteiger partial charge < -0.3 is 0 Å². The number of allylic oxidation sites excluding steroid dienone is 1. The Kier molecular flexibility index (Phi) is 12.9. The van der Waals surface area contributed by atoms with Crippen molar-refractivity contribution in [1.82, 2.24) is 0 Å². The lowest BCUT2D eigenvalue weighted by Gasteiger charge is -2.38. The highest BCUT2D eigenvalue weighted by Gasteiger charge is 2.53. The first-order valence-electron chi connectivity index (χ1n) is 16.6. The van der Waals surface area contributed by atoms with E-state index in [2.05, 4.69) is 48.8 Å². The smallest absolute Gasteiger partial charge is 0.288 e. The van der Waals surface area contributed by atoms with Gasteiger partial charge >= 0.3 is 12.4 Å². The Balaban J connectivity index is 0.000000349. The number of halogens is 6. The first-order chi connectivity index (χ1) is 22.6. The van der Waals surface area contributed by atoms with Crippen molar-refractivity contribution in [3.05, 3.63) is 107 Å². The van der Waals surface area contributed by atoms with Crippen molar-refractivity contribution in [2.45, 2.75) is 91.9 Å². The standard InChI is InChI=1S/C29H34F3N.C9H6F3N.C2H6/c1-4-27(2,25-11-6-5-7-12-25)18-21-9-8-10-24(17-21)22-13-15-23(16-14-22)26-19-28(3,20-33-26)29(30,31)32;1-6-2-3-7(5-13)8(4-6)9(10,11)12;1-2/h4,8-10,13-17,25H,1,5-7,11-12,18-20H2,2-3H3;2-4H,1H3;1-2H3. The molecule has 2 nitrogen and oxygen atoms in total. The van der Waals surface area contributed by atoms with Crippen molar-refractivity contribution in [3.63, 3.8) is 0 Å². The minimum absolute atomic E-state index is 0.0629. The van der Waals surface area contributed by atoms with Crippen LogP contribution in [-0.2, 0) is 12.6 Å². The average molecular weight is 669 g/mol. The van der Waals surface area contributed by atoms with E-state index in [9.17, 15) is 26.3 Å². The van der Waals surface area contributed by atoms with Crippen LogP contribution < -0.4 is 0 Å². The van der Waals surface area contributed by atoms with Crippen molar-refractivity contribution in [3.8, 4) is 17.2 Å². The number of nitrogens with zero attached hydrogens (tertiary/aromatic N) is 2. The van der Waals surface area contributed by atoms with Crippen LogP contribution in [0.4, 0.5) is 26.3 Å². The number of nitriles is 1. The zero-order valence-corrected chi connectivity index (χ0v) is 28.5. The molecule has 5 rings (SSSR count). The second-order valence-corrected chi connectivity index (χ2v) is 13.2. The fraction of sp³-hybridized carbons (Fsp3) is 0.450. The number of alkyl halides is 6. The monoisotopic (exact) mass is 668 g/mol. The quantitative estimate of drug-likeness (QED) is 0.190. The lowest BCUT2D eigenvalue weighted by atomic mass is 9.67. The van der Waals surface area contributed by atoms with E-state index in [4.69, 9.17) is 5.26 Å². The Labute approximate surface area is 281 Å². The third-order valence-corrected chi connectivity index (χ3v) is 9.53. The summed E-state index contributed by atoms with van der Waals surface area (Å²) in [6, 6.07) is 21.6. The molecule has 0 bridgehead atoms. The van der Waals surface area contributed by atoms with Gasteiger partial charge in [-0.25, -0.2) is 0 Å². The summed E-state index contributed by atoms with van der Waals surface area (Å²) < 4.78 is 76.8. The molecule has 1 fully saturated rings. The van der Waals surface area contributed by atoms with Gasteiger partial charge in [-0.3, -0.25) is 4.99 Å². The van der Waals surface area contributed by atoms with E-state index in [1.807, 2.05) is 38.1 Å². The SMILES string of the molecule is C=CC(C)(Cc1cccc(-c2ccc(C3=NCC(C)(C(F)(F)F)C3)cc2)c1)C1CCCCC1.CC.Cc1ccc(C#N)c(C(F)(F)F)c1. The average Bonchev–Trinajstić information content (AvgIpc) is 3.50. The van der Waals surface area contributed by atoms with Gasteiger partial charge in [-0.05, 0) is 78.8 Å². The highest BCUT2D eigenvalue weighted by atomic mass is 19.4. The molecule has 1 aliphatic carbocycles. The van der Waals surface area contributed by atoms with Crippen molar-refractivity contribution in [2.75, 3.05) is 6.54 Å². The second kappa shape index (κ2) is 16.0. The Morgan fingerprint density at radius 3 is 2.06 bits per heavy atom. The number of hydrogen-bond donors (Lipinski definition) is 0. The van der Waals surface area contributed by atoms with Crippen molar-refractivity contribution in [1.29, 1.82) is 5.26 Å². The summed E-state index contributed by atoms with van der Waals surface area (Å²) >= 11 is 0. The molecule has 258 valence electrons. The summed E-state index contributed by atoms with van der Waals surface area (Å²) in [6.45, 7) is 13.1. The minimum atomic E-state index is -4.45. The van der Waals surface area contributed by atoms with Crippen molar-refractivity contribution in [2.24, 2.45) is 21.7 Å². The Morgan fingerprint density at radius 1 is 0.896 bits per heavy atom. The van der Waals surface area contributed by atoms with E-state index >= 15 is 0 Å². The van der Waals surface area contributed by atoms with Crippen molar-refractivity contribution >= 4 is 5.71 Å². The van der Waals surface area contributed by atoms with Crippen LogP contribution in [0.3, 0.4) is 0 Å². The molecule has 0 amide bonds. The van der Waals surface area contributed by atoms with Crippen LogP contribution in [0.25, 0.3) is 11.1 Å². The lowest BCUT2D eigenvalue weighted by molar-refractivity contribution is -0.209. The normalized spacial score (nSPS) is 19.4. The van der Waals surface area contributed by atoms with Gasteiger partial charge in [0.05, 0.1) is 29.2 Å². The number of aliphatic imine (C=N–C) groups is 1. The molecule has 3 aromatic rings. The van der Waals surface area contributed by atoms with E-state index in [0.717, 1.165) is 29.2 Å². The molecular weight excluding hydrogens is 622 g/mol. The Morgan fingerprint density at radius 2 is 1.52 bits per heavy atom. The lowest BCUT2D eigenvalue weighted by Crippen LogP contribution is -2.36. The van der Waals surface area contributed by atoms with E-state index in [0.29, 0.717) is 17.2 Å². The molecule has 48 heavy (non-hydrogen) atoms. The fourth-order valence-electron chi connectivity index (χ4n) is 6.43. The molecule has 0 aromatic heterocycles. The van der Waals surface area contributed by atoms with Gasteiger partial charge in [0.2, 0.25) is 0 Å². The van der Waals surface area contributed by atoms with E-state index in [-0.39, 0.29) is 23.9 Å². The first-order valence-corrected chi connectivity index (χ1v) is 16.6. The fourth-order valence-corrected chi connectivity index (χ4v) is 6.43. The second-order valence-electron chi connectivity index (χ2n) is 13.2. The van der Waals surface area contributed by atoms with Gasteiger partial charge in [0, 0.05) is 12.1 Å². The molecule has 0 radical (unpaired) electrons. The minimum Gasteiger partial charge on any atom is -0.288 e. The van der Waals surface area contributed by atoms with Gasteiger partial charge in [0.25, 0.3) is 0 Å². The molecular formula is C40H46F6N2. The summed E-state index contributed by atoms with van der Waals surface area (Å²) in [4.78, 5) is 4.22. The maximum Gasteiger partial charge on any atom is 0.417 e. The van der Waals surface area contributed by atoms with Crippen LogP contribution in [0, 0.1) is 35.0 Å². The number of benzene rings is 3. The van der Waals surface area contributed by atoms with E-state index in [1.165, 1.54) is 62.8 Å². The maximum atomic E-state index is 13.3. The molecule has 3 aromatic carbocycles.